The molecule has 3 nitrogen and oxygen atoms in total. The Morgan fingerprint density at radius 2 is 2.06 bits per heavy atom. The molecule has 0 spiro atoms. The number of carbonyl (C=O) groups is 1. The van der Waals surface area contributed by atoms with Crippen LogP contribution in [0.1, 0.15) is 29.6 Å². The van der Waals surface area contributed by atoms with E-state index in [0.717, 1.165) is 6.54 Å². The van der Waals surface area contributed by atoms with Crippen molar-refractivity contribution in [3.8, 4) is 0 Å². The lowest BCUT2D eigenvalue weighted by Crippen LogP contribution is -2.32. The van der Waals surface area contributed by atoms with E-state index in [1.54, 1.807) is 12.1 Å². The van der Waals surface area contributed by atoms with Crippen molar-refractivity contribution >= 4 is 24.0 Å². The Morgan fingerprint density at radius 1 is 1.38 bits per heavy atom. The summed E-state index contributed by atoms with van der Waals surface area (Å²) in [6, 6.07) is 7.16. The van der Waals surface area contributed by atoms with E-state index >= 15 is 0 Å². The third-order valence-corrected chi connectivity index (χ3v) is 2.98. The summed E-state index contributed by atoms with van der Waals surface area (Å²) in [6.45, 7) is 0.785. The first-order valence-corrected chi connectivity index (χ1v) is 5.40. The molecule has 1 fully saturated rings. The Balaban J connectivity index is 0.00000128. The van der Waals surface area contributed by atoms with E-state index in [1.807, 2.05) is 12.1 Å². The predicted octanol–water partition coefficient (Wildman–Crippen LogP) is 2.22. The highest BCUT2D eigenvalue weighted by Crippen LogP contribution is 2.25. The van der Waals surface area contributed by atoms with Crippen LogP contribution < -0.4 is 11.1 Å². The number of nitrogens with one attached hydrogen (secondary N) is 1. The Kier molecular flexibility index (Phi) is 4.62. The van der Waals surface area contributed by atoms with Gasteiger partial charge in [0.25, 0.3) is 5.91 Å². The summed E-state index contributed by atoms with van der Waals surface area (Å²) < 4.78 is 0. The molecule has 0 atom stereocenters. The van der Waals surface area contributed by atoms with E-state index in [9.17, 15) is 4.79 Å². The minimum Gasteiger partial charge on any atom is -0.398 e. The second-order valence-electron chi connectivity index (χ2n) is 4.09. The van der Waals surface area contributed by atoms with Crippen LogP contribution in [0, 0.1) is 5.92 Å². The predicted molar refractivity (Wildman–Crippen MR) is 67.8 cm³/mol. The summed E-state index contributed by atoms with van der Waals surface area (Å²) in [5.74, 6) is 0.624. The van der Waals surface area contributed by atoms with E-state index < -0.39 is 0 Å². The van der Waals surface area contributed by atoms with Crippen LogP contribution in [0.15, 0.2) is 24.3 Å². The van der Waals surface area contributed by atoms with Gasteiger partial charge in [0.05, 0.1) is 5.56 Å². The molecule has 0 heterocycles. The van der Waals surface area contributed by atoms with Crippen LogP contribution in [0.3, 0.4) is 0 Å². The molecule has 1 aliphatic carbocycles. The van der Waals surface area contributed by atoms with Gasteiger partial charge in [0.1, 0.15) is 0 Å². The fourth-order valence-electron chi connectivity index (χ4n) is 1.73. The molecule has 1 amide bonds. The Hall–Kier alpha value is -1.22. The van der Waals surface area contributed by atoms with Crippen LogP contribution in [-0.4, -0.2) is 12.5 Å². The van der Waals surface area contributed by atoms with E-state index in [-0.39, 0.29) is 18.3 Å². The molecular formula is C12H17ClN2O. The minimum atomic E-state index is -0.0556. The van der Waals surface area contributed by atoms with Gasteiger partial charge in [-0.25, -0.2) is 0 Å². The fourth-order valence-corrected chi connectivity index (χ4v) is 1.73. The number of hydrogen-bond acceptors (Lipinski definition) is 2. The van der Waals surface area contributed by atoms with E-state index in [4.69, 9.17) is 5.73 Å². The number of hydrogen-bond donors (Lipinski definition) is 2. The van der Waals surface area contributed by atoms with Gasteiger partial charge >= 0.3 is 0 Å². The molecule has 3 N–H and O–H groups in total. The first-order chi connectivity index (χ1) is 7.27. The largest absolute Gasteiger partial charge is 0.398 e. The summed E-state index contributed by atoms with van der Waals surface area (Å²) in [6.07, 6.45) is 3.78. The summed E-state index contributed by atoms with van der Waals surface area (Å²) in [7, 11) is 0. The molecule has 16 heavy (non-hydrogen) atoms. The third kappa shape index (κ3) is 2.89. The van der Waals surface area contributed by atoms with Gasteiger partial charge in [-0.1, -0.05) is 18.6 Å². The van der Waals surface area contributed by atoms with Crippen LogP contribution in [0.25, 0.3) is 0 Å². The normalized spacial score (nSPS) is 14.8. The highest BCUT2D eigenvalue weighted by atomic mass is 35.5. The molecule has 88 valence electrons. The lowest BCUT2D eigenvalue weighted by molar-refractivity contribution is 0.0940. The Labute approximate surface area is 102 Å². The average molecular weight is 241 g/mol. The molecule has 0 saturated heterocycles. The van der Waals surface area contributed by atoms with Gasteiger partial charge in [-0.2, -0.15) is 0 Å². The maximum absolute atomic E-state index is 11.7. The monoisotopic (exact) mass is 240 g/mol. The Bertz CT molecular complexity index is 364. The number of anilines is 1. The lowest BCUT2D eigenvalue weighted by Gasteiger charge is -2.25. The lowest BCUT2D eigenvalue weighted by atomic mass is 9.85. The van der Waals surface area contributed by atoms with E-state index in [1.165, 1.54) is 19.3 Å². The SMILES string of the molecule is Cl.Nc1ccccc1C(=O)NCC1CCC1. The average Bonchev–Trinajstić information content (AvgIpc) is 2.16. The zero-order valence-corrected chi connectivity index (χ0v) is 9.93. The van der Waals surface area contributed by atoms with Crippen LogP contribution in [0.5, 0.6) is 0 Å². The second kappa shape index (κ2) is 5.75. The molecule has 0 radical (unpaired) electrons. The van der Waals surface area contributed by atoms with Crippen molar-refractivity contribution in [2.24, 2.45) is 5.92 Å². The van der Waals surface area contributed by atoms with Crippen molar-refractivity contribution in [3.05, 3.63) is 29.8 Å². The standard InChI is InChI=1S/C12H16N2O.ClH/c13-11-7-2-1-6-10(11)12(15)14-8-9-4-3-5-9;/h1-2,6-7,9H,3-5,8,13H2,(H,14,15);1H. The van der Waals surface area contributed by atoms with Gasteiger partial charge in [0, 0.05) is 12.2 Å². The maximum atomic E-state index is 11.7. The number of benzene rings is 1. The van der Waals surface area contributed by atoms with Gasteiger partial charge in [0.2, 0.25) is 0 Å². The molecule has 1 saturated carbocycles. The van der Waals surface area contributed by atoms with Gasteiger partial charge < -0.3 is 11.1 Å². The summed E-state index contributed by atoms with van der Waals surface area (Å²) >= 11 is 0. The number of nitrogen functional groups attached to an aromatic ring is 1. The van der Waals surface area contributed by atoms with Crippen molar-refractivity contribution in [2.75, 3.05) is 12.3 Å². The molecular weight excluding hydrogens is 224 g/mol. The van der Waals surface area contributed by atoms with Crippen molar-refractivity contribution in [1.82, 2.24) is 5.32 Å². The third-order valence-electron chi connectivity index (χ3n) is 2.98. The molecule has 1 aromatic rings. The van der Waals surface area contributed by atoms with Crippen LogP contribution >= 0.6 is 12.4 Å². The molecule has 0 bridgehead atoms. The highest BCUT2D eigenvalue weighted by Gasteiger charge is 2.18. The molecule has 1 aliphatic rings. The van der Waals surface area contributed by atoms with Crippen LogP contribution in [0.4, 0.5) is 5.69 Å². The Morgan fingerprint density at radius 3 is 2.62 bits per heavy atom. The van der Waals surface area contributed by atoms with Crippen molar-refractivity contribution < 1.29 is 4.79 Å². The topological polar surface area (TPSA) is 55.1 Å². The van der Waals surface area contributed by atoms with Gasteiger partial charge in [0.15, 0.2) is 0 Å². The number of amides is 1. The number of nitrogens with two attached hydrogens (primary N) is 1. The first-order valence-electron chi connectivity index (χ1n) is 5.40. The number of carbonyl (C=O) groups excluding carboxylic acids is 1. The fraction of sp³-hybridized carbons (Fsp3) is 0.417. The van der Waals surface area contributed by atoms with Crippen LogP contribution in [-0.2, 0) is 0 Å². The van der Waals surface area contributed by atoms with Crippen molar-refractivity contribution in [3.63, 3.8) is 0 Å². The van der Waals surface area contributed by atoms with Gasteiger partial charge in [-0.15, -0.1) is 12.4 Å². The molecule has 0 aromatic heterocycles. The highest BCUT2D eigenvalue weighted by molar-refractivity contribution is 5.99. The number of para-hydroxylation sites is 1. The van der Waals surface area contributed by atoms with E-state index in [0.29, 0.717) is 17.2 Å². The molecule has 0 unspecified atom stereocenters. The second-order valence-corrected chi connectivity index (χ2v) is 4.09. The summed E-state index contributed by atoms with van der Waals surface area (Å²) in [5, 5.41) is 2.92. The van der Waals surface area contributed by atoms with Gasteiger partial charge in [-0.05, 0) is 30.9 Å². The molecule has 0 aliphatic heterocycles. The quantitative estimate of drug-likeness (QED) is 0.796. The first kappa shape index (κ1) is 12.8. The minimum absolute atomic E-state index is 0. The van der Waals surface area contributed by atoms with Crippen molar-refractivity contribution in [1.29, 1.82) is 0 Å². The summed E-state index contributed by atoms with van der Waals surface area (Å²) in [5.41, 5.74) is 6.84. The van der Waals surface area contributed by atoms with Crippen LogP contribution in [0.2, 0.25) is 0 Å². The van der Waals surface area contributed by atoms with Crippen molar-refractivity contribution in [2.45, 2.75) is 19.3 Å². The zero-order chi connectivity index (χ0) is 10.7. The van der Waals surface area contributed by atoms with Gasteiger partial charge in [-0.3, -0.25) is 4.79 Å². The molecule has 1 aromatic carbocycles. The van der Waals surface area contributed by atoms with E-state index in [2.05, 4.69) is 5.32 Å². The smallest absolute Gasteiger partial charge is 0.253 e. The summed E-state index contributed by atoms with van der Waals surface area (Å²) in [4.78, 5) is 11.7. The number of halogens is 1. The maximum Gasteiger partial charge on any atom is 0.253 e. The number of rotatable bonds is 3. The molecule has 4 heteroatoms. The molecule has 2 rings (SSSR count). The zero-order valence-electron chi connectivity index (χ0n) is 9.11.